The highest BCUT2D eigenvalue weighted by atomic mass is 19.3. The molecule has 5 heteroatoms. The Hall–Kier alpha value is -1.23. The van der Waals surface area contributed by atoms with Crippen LogP contribution in [0.5, 0.6) is 5.75 Å². The van der Waals surface area contributed by atoms with Crippen molar-refractivity contribution in [2.75, 3.05) is 0 Å². The number of aryl methyl sites for hydroxylation is 1. The molecule has 0 saturated carbocycles. The van der Waals surface area contributed by atoms with Crippen LogP contribution in [-0.4, -0.2) is 16.6 Å². The SMILES string of the molecule is Cc1ccc(O)c(C(O)(F)C(F)F)c1. The van der Waals surface area contributed by atoms with Crippen LogP contribution in [0.3, 0.4) is 0 Å². The fourth-order valence-electron chi connectivity index (χ4n) is 1.05. The normalized spacial score (nSPS) is 15.6. The van der Waals surface area contributed by atoms with Crippen molar-refractivity contribution < 1.29 is 23.4 Å². The number of phenolic OH excluding ortho intramolecular Hbond substituents is 1. The molecular weight excluding hydrogens is 197 g/mol. The first-order chi connectivity index (χ1) is 6.35. The Balaban J connectivity index is 3.24. The van der Waals surface area contributed by atoms with E-state index in [1.54, 1.807) is 0 Å². The van der Waals surface area contributed by atoms with E-state index < -0.39 is 23.6 Å². The zero-order chi connectivity index (χ0) is 10.9. The van der Waals surface area contributed by atoms with E-state index in [2.05, 4.69) is 0 Å². The zero-order valence-electron chi connectivity index (χ0n) is 7.34. The first kappa shape index (κ1) is 10.8. The van der Waals surface area contributed by atoms with Crippen LogP contribution in [0.1, 0.15) is 11.1 Å². The lowest BCUT2D eigenvalue weighted by Gasteiger charge is -2.19. The molecule has 1 aromatic carbocycles. The maximum atomic E-state index is 13.0. The van der Waals surface area contributed by atoms with Gasteiger partial charge in [0.1, 0.15) is 5.75 Å². The molecule has 14 heavy (non-hydrogen) atoms. The average molecular weight is 206 g/mol. The Morgan fingerprint density at radius 2 is 1.93 bits per heavy atom. The molecule has 0 fully saturated rings. The Bertz CT molecular complexity index is 337. The van der Waals surface area contributed by atoms with Gasteiger partial charge in [-0.15, -0.1) is 0 Å². The summed E-state index contributed by atoms with van der Waals surface area (Å²) in [5, 5.41) is 17.9. The number of hydrogen-bond donors (Lipinski definition) is 2. The molecule has 78 valence electrons. The Morgan fingerprint density at radius 3 is 2.43 bits per heavy atom. The van der Waals surface area contributed by atoms with Crippen molar-refractivity contribution in [3.05, 3.63) is 29.3 Å². The summed E-state index contributed by atoms with van der Waals surface area (Å²) in [6.07, 6.45) is -3.60. The monoisotopic (exact) mass is 206 g/mol. The van der Waals surface area contributed by atoms with Crippen molar-refractivity contribution in [1.82, 2.24) is 0 Å². The molecule has 1 rings (SSSR count). The number of aliphatic hydroxyl groups is 1. The lowest BCUT2D eigenvalue weighted by Crippen LogP contribution is -2.28. The predicted octanol–water partition coefficient (Wildman–Crippen LogP) is 2.08. The summed E-state index contributed by atoms with van der Waals surface area (Å²) in [7, 11) is 0. The van der Waals surface area contributed by atoms with Crippen molar-refractivity contribution in [2.24, 2.45) is 0 Å². The molecular formula is C9H9F3O2. The maximum Gasteiger partial charge on any atom is 0.300 e. The first-order valence-corrected chi connectivity index (χ1v) is 3.85. The molecule has 2 nitrogen and oxygen atoms in total. The van der Waals surface area contributed by atoms with Crippen LogP contribution in [0, 0.1) is 6.92 Å². The van der Waals surface area contributed by atoms with Gasteiger partial charge in [0.2, 0.25) is 0 Å². The topological polar surface area (TPSA) is 40.5 Å². The quantitative estimate of drug-likeness (QED) is 0.777. The van der Waals surface area contributed by atoms with Gasteiger partial charge in [-0.05, 0) is 19.1 Å². The number of aromatic hydroxyl groups is 1. The van der Waals surface area contributed by atoms with E-state index in [9.17, 15) is 13.2 Å². The second-order valence-corrected chi connectivity index (χ2v) is 2.99. The number of benzene rings is 1. The number of halogens is 3. The molecule has 0 amide bonds. The van der Waals surface area contributed by atoms with Crippen LogP contribution in [0.25, 0.3) is 0 Å². The van der Waals surface area contributed by atoms with Gasteiger partial charge in [-0.1, -0.05) is 11.6 Å². The summed E-state index contributed by atoms with van der Waals surface area (Å²) >= 11 is 0. The second-order valence-electron chi connectivity index (χ2n) is 2.99. The van der Waals surface area contributed by atoms with Crippen LogP contribution in [0.15, 0.2) is 18.2 Å². The molecule has 2 N–H and O–H groups in total. The van der Waals surface area contributed by atoms with Crippen LogP contribution >= 0.6 is 0 Å². The highest BCUT2D eigenvalue weighted by Crippen LogP contribution is 2.35. The molecule has 0 saturated heterocycles. The van der Waals surface area contributed by atoms with E-state index in [-0.39, 0.29) is 0 Å². The third kappa shape index (κ3) is 1.82. The molecule has 0 heterocycles. The third-order valence-corrected chi connectivity index (χ3v) is 1.82. The van der Waals surface area contributed by atoms with Gasteiger partial charge in [0.05, 0.1) is 5.56 Å². The van der Waals surface area contributed by atoms with Gasteiger partial charge < -0.3 is 10.2 Å². The molecule has 0 aliphatic rings. The smallest absolute Gasteiger partial charge is 0.300 e. The van der Waals surface area contributed by atoms with Crippen molar-refractivity contribution in [1.29, 1.82) is 0 Å². The van der Waals surface area contributed by atoms with E-state index in [4.69, 9.17) is 10.2 Å². The highest BCUT2D eigenvalue weighted by molar-refractivity contribution is 5.38. The van der Waals surface area contributed by atoms with Crippen molar-refractivity contribution in [3.63, 3.8) is 0 Å². The highest BCUT2D eigenvalue weighted by Gasteiger charge is 2.42. The van der Waals surface area contributed by atoms with Crippen LogP contribution in [0.4, 0.5) is 13.2 Å². The molecule has 0 aliphatic carbocycles. The zero-order valence-corrected chi connectivity index (χ0v) is 7.34. The van der Waals surface area contributed by atoms with E-state index >= 15 is 0 Å². The van der Waals surface area contributed by atoms with Gasteiger partial charge in [-0.25, -0.2) is 13.2 Å². The maximum absolute atomic E-state index is 13.0. The van der Waals surface area contributed by atoms with Crippen LogP contribution in [0.2, 0.25) is 0 Å². The Morgan fingerprint density at radius 1 is 1.36 bits per heavy atom. The molecule has 0 radical (unpaired) electrons. The minimum Gasteiger partial charge on any atom is -0.507 e. The summed E-state index contributed by atoms with van der Waals surface area (Å²) in [5.41, 5.74) is -0.345. The predicted molar refractivity (Wildman–Crippen MR) is 43.9 cm³/mol. The van der Waals surface area contributed by atoms with Gasteiger partial charge in [0.25, 0.3) is 5.85 Å². The van der Waals surface area contributed by atoms with Crippen LogP contribution < -0.4 is 0 Å². The van der Waals surface area contributed by atoms with Crippen molar-refractivity contribution in [3.8, 4) is 5.75 Å². The fourth-order valence-corrected chi connectivity index (χ4v) is 1.05. The molecule has 0 bridgehead atoms. The van der Waals surface area contributed by atoms with Gasteiger partial charge in [0.15, 0.2) is 0 Å². The van der Waals surface area contributed by atoms with Gasteiger partial charge in [-0.2, -0.15) is 0 Å². The van der Waals surface area contributed by atoms with E-state index in [1.165, 1.54) is 13.0 Å². The van der Waals surface area contributed by atoms with Crippen LogP contribution in [-0.2, 0) is 5.85 Å². The van der Waals surface area contributed by atoms with Gasteiger partial charge in [0, 0.05) is 0 Å². The molecule has 0 aliphatic heterocycles. The number of alkyl halides is 3. The molecule has 0 spiro atoms. The second kappa shape index (κ2) is 3.49. The standard InChI is InChI=1S/C9H9F3O2/c1-5-2-3-7(13)6(4-5)9(12,14)8(10)11/h2-4,8,13-14H,1H3. The Labute approximate surface area is 78.6 Å². The number of hydrogen-bond acceptors (Lipinski definition) is 2. The summed E-state index contributed by atoms with van der Waals surface area (Å²) < 4.78 is 37.2. The summed E-state index contributed by atoms with van der Waals surface area (Å²) in [6, 6.07) is 3.44. The Kier molecular flexibility index (Phi) is 2.71. The third-order valence-electron chi connectivity index (χ3n) is 1.82. The molecule has 1 atom stereocenters. The lowest BCUT2D eigenvalue weighted by molar-refractivity contribution is -0.195. The summed E-state index contributed by atoms with van der Waals surface area (Å²) in [6.45, 7) is 1.53. The van der Waals surface area contributed by atoms with Crippen molar-refractivity contribution in [2.45, 2.75) is 19.2 Å². The number of rotatable bonds is 2. The van der Waals surface area contributed by atoms with E-state index in [0.29, 0.717) is 5.56 Å². The van der Waals surface area contributed by atoms with E-state index in [0.717, 1.165) is 12.1 Å². The summed E-state index contributed by atoms with van der Waals surface area (Å²) in [4.78, 5) is 0. The minimum atomic E-state index is -3.81. The largest absolute Gasteiger partial charge is 0.507 e. The average Bonchev–Trinajstić information content (AvgIpc) is 2.08. The first-order valence-electron chi connectivity index (χ1n) is 3.85. The number of phenols is 1. The molecule has 0 aromatic heterocycles. The minimum absolute atomic E-state index is 0.467. The van der Waals surface area contributed by atoms with Gasteiger partial charge in [-0.3, -0.25) is 0 Å². The lowest BCUT2D eigenvalue weighted by atomic mass is 10.0. The molecule has 1 unspecified atom stereocenters. The summed E-state index contributed by atoms with van der Waals surface area (Å²) in [5.74, 6) is -4.50. The molecule has 1 aromatic rings. The van der Waals surface area contributed by atoms with Gasteiger partial charge >= 0.3 is 6.43 Å². The van der Waals surface area contributed by atoms with Crippen molar-refractivity contribution >= 4 is 0 Å². The fraction of sp³-hybridized carbons (Fsp3) is 0.333. The van der Waals surface area contributed by atoms with E-state index in [1.807, 2.05) is 0 Å².